The van der Waals surface area contributed by atoms with Gasteiger partial charge in [0, 0.05) is 30.8 Å². The van der Waals surface area contributed by atoms with Crippen molar-refractivity contribution < 1.29 is 14.3 Å². The summed E-state index contributed by atoms with van der Waals surface area (Å²) < 4.78 is 6.85. The van der Waals surface area contributed by atoms with Crippen molar-refractivity contribution in [3.05, 3.63) is 83.6 Å². The summed E-state index contributed by atoms with van der Waals surface area (Å²) in [5, 5.41) is 7.46. The largest absolute Gasteiger partial charge is 0.469 e. The van der Waals surface area contributed by atoms with Crippen LogP contribution in [0.3, 0.4) is 0 Å². The van der Waals surface area contributed by atoms with Crippen LogP contribution in [-0.2, 0) is 16.1 Å². The molecular formula is C25H28N4O3. The second-order valence-corrected chi connectivity index (χ2v) is 8.21. The maximum Gasteiger partial charge on any atom is 0.323 e. The van der Waals surface area contributed by atoms with Crippen LogP contribution in [0.4, 0.5) is 10.6 Å². The SMILES string of the molecule is COC(=O)C1CC(c2ccccc2)CN(C(=O)Nc2cc(C)n(Cc3ccccc3)n2)C1. The van der Waals surface area contributed by atoms with Crippen LogP contribution in [0.25, 0.3) is 0 Å². The van der Waals surface area contributed by atoms with E-state index in [1.807, 2.05) is 78.3 Å². The predicted octanol–water partition coefficient (Wildman–Crippen LogP) is 4.05. The Morgan fingerprint density at radius 2 is 1.75 bits per heavy atom. The van der Waals surface area contributed by atoms with E-state index in [0.717, 1.165) is 16.8 Å². The monoisotopic (exact) mass is 432 g/mol. The van der Waals surface area contributed by atoms with Gasteiger partial charge in [0.05, 0.1) is 19.6 Å². The van der Waals surface area contributed by atoms with Crippen molar-refractivity contribution in [2.24, 2.45) is 5.92 Å². The molecule has 7 nitrogen and oxygen atoms in total. The van der Waals surface area contributed by atoms with Crippen molar-refractivity contribution in [3.8, 4) is 0 Å². The number of aromatic nitrogens is 2. The zero-order chi connectivity index (χ0) is 22.5. The number of hydrogen-bond donors (Lipinski definition) is 1. The van der Waals surface area contributed by atoms with Gasteiger partial charge in [0.15, 0.2) is 5.82 Å². The number of piperidine rings is 1. The summed E-state index contributed by atoms with van der Waals surface area (Å²) in [6, 6.07) is 21.6. The van der Waals surface area contributed by atoms with Crippen molar-refractivity contribution in [2.75, 3.05) is 25.5 Å². The normalized spacial score (nSPS) is 18.2. The summed E-state index contributed by atoms with van der Waals surface area (Å²) in [7, 11) is 1.39. The molecule has 1 saturated heterocycles. The number of likely N-dealkylation sites (tertiary alicyclic amines) is 1. The molecule has 4 rings (SSSR count). The first-order valence-corrected chi connectivity index (χ1v) is 10.8. The highest BCUT2D eigenvalue weighted by Gasteiger charge is 2.35. The van der Waals surface area contributed by atoms with Crippen LogP contribution in [0.5, 0.6) is 0 Å². The fraction of sp³-hybridized carbons (Fsp3) is 0.320. The molecule has 166 valence electrons. The lowest BCUT2D eigenvalue weighted by molar-refractivity contribution is -0.147. The molecule has 1 aliphatic heterocycles. The minimum Gasteiger partial charge on any atom is -0.469 e. The van der Waals surface area contributed by atoms with E-state index in [9.17, 15) is 9.59 Å². The Morgan fingerprint density at radius 3 is 2.44 bits per heavy atom. The molecule has 2 heterocycles. The maximum absolute atomic E-state index is 13.1. The van der Waals surface area contributed by atoms with Crippen LogP contribution < -0.4 is 5.32 Å². The minimum absolute atomic E-state index is 0.0668. The molecule has 1 aliphatic rings. The first-order valence-electron chi connectivity index (χ1n) is 10.8. The number of nitrogens with one attached hydrogen (secondary N) is 1. The molecule has 0 bridgehead atoms. The molecule has 2 atom stereocenters. The Kier molecular flexibility index (Phi) is 6.54. The number of rotatable bonds is 5. The van der Waals surface area contributed by atoms with Crippen LogP contribution in [0.1, 0.15) is 29.2 Å². The van der Waals surface area contributed by atoms with Crippen molar-refractivity contribution >= 4 is 17.8 Å². The first kappa shape index (κ1) is 21.6. The standard InChI is InChI=1S/C25H28N4O3/c1-18-13-23(27-29(18)15-19-9-5-3-6-10-19)26-25(31)28-16-21(20-11-7-4-8-12-20)14-22(17-28)24(30)32-2/h3-13,21-22H,14-17H2,1-2H3,(H,26,27,31). The van der Waals surface area contributed by atoms with Gasteiger partial charge in [-0.25, -0.2) is 4.79 Å². The number of carbonyl (C=O) groups is 2. The van der Waals surface area contributed by atoms with Gasteiger partial charge >= 0.3 is 12.0 Å². The topological polar surface area (TPSA) is 76.5 Å². The fourth-order valence-electron chi connectivity index (χ4n) is 4.25. The summed E-state index contributed by atoms with van der Waals surface area (Å²) in [4.78, 5) is 27.1. The smallest absolute Gasteiger partial charge is 0.323 e. The van der Waals surface area contributed by atoms with Crippen LogP contribution in [0.15, 0.2) is 66.7 Å². The molecular weight excluding hydrogens is 404 g/mol. The van der Waals surface area contributed by atoms with Gasteiger partial charge < -0.3 is 9.64 Å². The van der Waals surface area contributed by atoms with E-state index in [-0.39, 0.29) is 23.8 Å². The van der Waals surface area contributed by atoms with Crippen LogP contribution in [0.2, 0.25) is 0 Å². The quantitative estimate of drug-likeness (QED) is 0.617. The molecule has 32 heavy (non-hydrogen) atoms. The van der Waals surface area contributed by atoms with Crippen molar-refractivity contribution in [1.29, 1.82) is 0 Å². The molecule has 2 aromatic carbocycles. The Morgan fingerprint density at radius 1 is 1.06 bits per heavy atom. The summed E-state index contributed by atoms with van der Waals surface area (Å²) in [6.07, 6.45) is 0.658. The number of nitrogens with zero attached hydrogens (tertiary/aromatic N) is 3. The van der Waals surface area contributed by atoms with Gasteiger partial charge in [0.25, 0.3) is 0 Å². The molecule has 1 N–H and O–H groups in total. The van der Waals surface area contributed by atoms with E-state index in [0.29, 0.717) is 31.9 Å². The molecule has 2 unspecified atom stereocenters. The lowest BCUT2D eigenvalue weighted by Crippen LogP contribution is -2.47. The summed E-state index contributed by atoms with van der Waals surface area (Å²) >= 11 is 0. The number of benzene rings is 2. The van der Waals surface area contributed by atoms with Crippen LogP contribution in [0, 0.1) is 12.8 Å². The van der Waals surface area contributed by atoms with Gasteiger partial charge in [-0.1, -0.05) is 60.7 Å². The first-order chi connectivity index (χ1) is 15.5. The number of ether oxygens (including phenoxy) is 1. The third-order valence-corrected chi connectivity index (χ3v) is 5.93. The molecule has 3 aromatic rings. The van der Waals surface area contributed by atoms with Gasteiger partial charge in [-0.15, -0.1) is 0 Å². The third-order valence-electron chi connectivity index (χ3n) is 5.93. The van der Waals surface area contributed by atoms with E-state index < -0.39 is 0 Å². The highest BCUT2D eigenvalue weighted by molar-refractivity contribution is 5.89. The Bertz CT molecular complexity index is 1070. The van der Waals surface area contributed by atoms with Crippen molar-refractivity contribution in [1.82, 2.24) is 14.7 Å². The third kappa shape index (κ3) is 4.99. The Labute approximate surface area is 188 Å². The number of methoxy groups -OCH3 is 1. The van der Waals surface area contributed by atoms with Crippen LogP contribution >= 0.6 is 0 Å². The van der Waals surface area contributed by atoms with E-state index >= 15 is 0 Å². The number of esters is 1. The molecule has 7 heteroatoms. The highest BCUT2D eigenvalue weighted by atomic mass is 16.5. The van der Waals surface area contributed by atoms with E-state index in [1.54, 1.807) is 4.90 Å². The average molecular weight is 433 g/mol. The van der Waals surface area contributed by atoms with Gasteiger partial charge in [-0.3, -0.25) is 14.8 Å². The molecule has 0 radical (unpaired) electrons. The van der Waals surface area contributed by atoms with E-state index in [2.05, 4.69) is 10.4 Å². The molecule has 1 aromatic heterocycles. The Balaban J connectivity index is 1.48. The maximum atomic E-state index is 13.1. The summed E-state index contributed by atoms with van der Waals surface area (Å²) in [5.74, 6) is -0.0782. The van der Waals surface area contributed by atoms with Crippen LogP contribution in [-0.4, -0.2) is 46.9 Å². The van der Waals surface area contributed by atoms with Crippen molar-refractivity contribution in [2.45, 2.75) is 25.8 Å². The number of amides is 2. The number of aryl methyl sites for hydroxylation is 1. The lowest BCUT2D eigenvalue weighted by atomic mass is 9.84. The minimum atomic E-state index is -0.359. The average Bonchev–Trinajstić information content (AvgIpc) is 3.17. The number of anilines is 1. The zero-order valence-corrected chi connectivity index (χ0v) is 18.4. The van der Waals surface area contributed by atoms with E-state index in [4.69, 9.17) is 4.74 Å². The molecule has 0 aliphatic carbocycles. The number of carbonyl (C=O) groups excluding carboxylic acids is 2. The second kappa shape index (κ2) is 9.68. The van der Waals surface area contributed by atoms with Gasteiger partial charge in [0.1, 0.15) is 0 Å². The fourth-order valence-corrected chi connectivity index (χ4v) is 4.25. The molecule has 2 amide bonds. The second-order valence-electron chi connectivity index (χ2n) is 8.21. The molecule has 0 spiro atoms. The summed E-state index contributed by atoms with van der Waals surface area (Å²) in [6.45, 7) is 3.45. The van der Waals surface area contributed by atoms with E-state index in [1.165, 1.54) is 7.11 Å². The van der Waals surface area contributed by atoms with Gasteiger partial charge in [-0.2, -0.15) is 5.10 Å². The van der Waals surface area contributed by atoms with Crippen molar-refractivity contribution in [3.63, 3.8) is 0 Å². The highest BCUT2D eigenvalue weighted by Crippen LogP contribution is 2.31. The predicted molar refractivity (Wildman–Crippen MR) is 122 cm³/mol. The van der Waals surface area contributed by atoms with Gasteiger partial charge in [-0.05, 0) is 24.5 Å². The molecule has 0 saturated carbocycles. The Hall–Kier alpha value is -3.61. The number of hydrogen-bond acceptors (Lipinski definition) is 4. The van der Waals surface area contributed by atoms with Gasteiger partial charge in [0.2, 0.25) is 0 Å². The molecule has 1 fully saturated rings. The number of urea groups is 1. The lowest BCUT2D eigenvalue weighted by Gasteiger charge is -2.36. The summed E-state index contributed by atoms with van der Waals surface area (Å²) in [5.41, 5.74) is 3.21. The zero-order valence-electron chi connectivity index (χ0n) is 18.4.